The fourth-order valence-electron chi connectivity index (χ4n) is 2.53. The number of benzene rings is 1. The first-order chi connectivity index (χ1) is 10.3. The molecule has 1 aliphatic rings. The lowest BCUT2D eigenvalue weighted by atomic mass is 10.2. The molecule has 2 heterocycles. The molecule has 0 atom stereocenters. The Balaban J connectivity index is 1.96. The minimum Gasteiger partial charge on any atom is -0.308 e. The van der Waals surface area contributed by atoms with E-state index in [4.69, 9.17) is 10.8 Å². The summed E-state index contributed by atoms with van der Waals surface area (Å²) in [5, 5.41) is 5.57. The highest BCUT2D eigenvalue weighted by Gasteiger charge is 2.28. The van der Waals surface area contributed by atoms with Gasteiger partial charge in [-0.05, 0) is 25.8 Å². The molecule has 106 valence electrons. The predicted octanol–water partition coefficient (Wildman–Crippen LogP) is 2.29. The van der Waals surface area contributed by atoms with E-state index in [0.29, 0.717) is 11.7 Å². The molecule has 0 bridgehead atoms. The first kappa shape index (κ1) is 12.3. The number of fused-ring (bicyclic) bond motifs is 1. The molecule has 0 spiro atoms. The summed E-state index contributed by atoms with van der Waals surface area (Å²) in [6.07, 6.45) is 4.14. The van der Waals surface area contributed by atoms with Gasteiger partial charge in [0.1, 0.15) is 11.6 Å². The van der Waals surface area contributed by atoms with Gasteiger partial charge in [-0.2, -0.15) is 5.10 Å². The van der Waals surface area contributed by atoms with E-state index < -0.39 is 0 Å². The van der Waals surface area contributed by atoms with Gasteiger partial charge in [-0.25, -0.2) is 20.5 Å². The number of hydrazine groups is 1. The molecule has 1 fully saturated rings. The minimum absolute atomic E-state index is 0.457. The number of nitrogens with two attached hydrogens (primary N) is 1. The monoisotopic (exact) mass is 280 g/mol. The molecule has 0 unspecified atom stereocenters. The Morgan fingerprint density at radius 3 is 2.81 bits per heavy atom. The van der Waals surface area contributed by atoms with Gasteiger partial charge in [0.15, 0.2) is 5.82 Å². The maximum atomic E-state index is 5.61. The number of nitrogen functional groups attached to an aromatic ring is 1. The van der Waals surface area contributed by atoms with Crippen LogP contribution >= 0.6 is 0 Å². The third-order valence-electron chi connectivity index (χ3n) is 3.89. The van der Waals surface area contributed by atoms with E-state index in [1.807, 2.05) is 42.1 Å². The lowest BCUT2D eigenvalue weighted by Crippen LogP contribution is -2.15. The molecule has 21 heavy (non-hydrogen) atoms. The molecule has 0 aliphatic heterocycles. The minimum atomic E-state index is 0.457. The van der Waals surface area contributed by atoms with Crippen molar-refractivity contribution in [3.8, 4) is 5.82 Å². The zero-order valence-corrected chi connectivity index (χ0v) is 11.7. The number of para-hydroxylation sites is 1. The summed E-state index contributed by atoms with van der Waals surface area (Å²) in [7, 11) is 0. The smallest absolute Gasteiger partial charge is 0.162 e. The number of hydrogen-bond donors (Lipinski definition) is 2. The molecule has 2 aromatic heterocycles. The Morgan fingerprint density at radius 2 is 2.05 bits per heavy atom. The fraction of sp³-hybridized carbons (Fsp3) is 0.267. The number of anilines is 1. The van der Waals surface area contributed by atoms with Crippen molar-refractivity contribution in [3.63, 3.8) is 0 Å². The largest absolute Gasteiger partial charge is 0.308 e. The number of nitrogens with one attached hydrogen (secondary N) is 1. The van der Waals surface area contributed by atoms with E-state index >= 15 is 0 Å². The lowest BCUT2D eigenvalue weighted by molar-refractivity contribution is 0.818. The summed E-state index contributed by atoms with van der Waals surface area (Å²) in [5.74, 6) is 8.37. The maximum Gasteiger partial charge on any atom is 0.162 e. The van der Waals surface area contributed by atoms with Gasteiger partial charge in [0, 0.05) is 16.9 Å². The summed E-state index contributed by atoms with van der Waals surface area (Å²) >= 11 is 0. The molecule has 1 aromatic carbocycles. The van der Waals surface area contributed by atoms with E-state index in [0.717, 1.165) is 41.0 Å². The van der Waals surface area contributed by atoms with Gasteiger partial charge in [0.2, 0.25) is 0 Å². The van der Waals surface area contributed by atoms with Crippen LogP contribution in [-0.4, -0.2) is 19.7 Å². The van der Waals surface area contributed by atoms with Gasteiger partial charge in [-0.3, -0.25) is 0 Å². The molecule has 6 nitrogen and oxygen atoms in total. The number of rotatable bonds is 3. The molecule has 1 aliphatic carbocycles. The summed E-state index contributed by atoms with van der Waals surface area (Å²) in [6.45, 7) is 1.96. The molecule has 0 radical (unpaired) electrons. The zero-order valence-electron chi connectivity index (χ0n) is 11.7. The van der Waals surface area contributed by atoms with Crippen LogP contribution in [0.3, 0.4) is 0 Å². The normalized spacial score (nSPS) is 14.6. The van der Waals surface area contributed by atoms with Crippen molar-refractivity contribution in [2.75, 3.05) is 5.43 Å². The molecule has 3 aromatic rings. The Hall–Kier alpha value is -2.47. The van der Waals surface area contributed by atoms with Crippen molar-refractivity contribution >= 4 is 16.7 Å². The zero-order chi connectivity index (χ0) is 14.4. The van der Waals surface area contributed by atoms with E-state index in [-0.39, 0.29) is 0 Å². The molecule has 0 saturated heterocycles. The lowest BCUT2D eigenvalue weighted by Gasteiger charge is -2.12. The van der Waals surface area contributed by atoms with Crippen molar-refractivity contribution in [1.29, 1.82) is 0 Å². The van der Waals surface area contributed by atoms with E-state index in [9.17, 15) is 0 Å². The molecule has 0 amide bonds. The average molecular weight is 280 g/mol. The van der Waals surface area contributed by atoms with Crippen LogP contribution in [0.5, 0.6) is 0 Å². The Kier molecular flexibility index (Phi) is 2.65. The van der Waals surface area contributed by atoms with E-state index in [2.05, 4.69) is 15.5 Å². The topological polar surface area (TPSA) is 81.6 Å². The van der Waals surface area contributed by atoms with E-state index in [1.54, 1.807) is 0 Å². The summed E-state index contributed by atoms with van der Waals surface area (Å²) in [5.41, 5.74) is 4.61. The van der Waals surface area contributed by atoms with Crippen molar-refractivity contribution < 1.29 is 0 Å². The van der Waals surface area contributed by atoms with Crippen molar-refractivity contribution in [1.82, 2.24) is 19.7 Å². The van der Waals surface area contributed by atoms with Gasteiger partial charge in [0.25, 0.3) is 0 Å². The second kappa shape index (κ2) is 4.53. The molecule has 1 saturated carbocycles. The van der Waals surface area contributed by atoms with Crippen LogP contribution in [0.25, 0.3) is 16.7 Å². The van der Waals surface area contributed by atoms with Gasteiger partial charge in [-0.1, -0.05) is 18.2 Å². The number of aromatic nitrogens is 4. The molecule has 3 N–H and O–H groups in total. The molecular weight excluding hydrogens is 264 g/mol. The summed E-state index contributed by atoms with van der Waals surface area (Å²) < 4.78 is 1.86. The first-order valence-electron chi connectivity index (χ1n) is 7.06. The standard InChI is InChI=1S/C15H16N6/c1-9-13(20-16)18-14(10-6-7-10)19-15(9)21-12-5-3-2-4-11(12)8-17-21/h2-5,8,10H,6-7,16H2,1H3,(H,18,19,20). The maximum absolute atomic E-state index is 5.61. The van der Waals surface area contributed by atoms with Crippen molar-refractivity contribution in [3.05, 3.63) is 41.9 Å². The second-order valence-electron chi connectivity index (χ2n) is 5.41. The van der Waals surface area contributed by atoms with Crippen LogP contribution in [0.4, 0.5) is 5.82 Å². The SMILES string of the molecule is Cc1c(NN)nc(C2CC2)nc1-n1ncc2ccccc21. The first-order valence-corrected chi connectivity index (χ1v) is 7.06. The molecular formula is C15H16N6. The second-order valence-corrected chi connectivity index (χ2v) is 5.41. The highest BCUT2D eigenvalue weighted by atomic mass is 15.3. The van der Waals surface area contributed by atoms with Gasteiger partial charge >= 0.3 is 0 Å². The third-order valence-corrected chi connectivity index (χ3v) is 3.89. The highest BCUT2D eigenvalue weighted by Crippen LogP contribution is 2.39. The van der Waals surface area contributed by atoms with Crippen molar-refractivity contribution in [2.45, 2.75) is 25.7 Å². The third kappa shape index (κ3) is 1.95. The highest BCUT2D eigenvalue weighted by molar-refractivity contribution is 5.80. The predicted molar refractivity (Wildman–Crippen MR) is 81.2 cm³/mol. The number of nitrogens with zero attached hydrogens (tertiary/aromatic N) is 4. The van der Waals surface area contributed by atoms with Gasteiger partial charge < -0.3 is 5.43 Å². The van der Waals surface area contributed by atoms with Crippen LogP contribution < -0.4 is 11.3 Å². The Morgan fingerprint density at radius 1 is 1.24 bits per heavy atom. The summed E-state index contributed by atoms with van der Waals surface area (Å²) in [4.78, 5) is 9.24. The van der Waals surface area contributed by atoms with Gasteiger partial charge in [-0.15, -0.1) is 0 Å². The van der Waals surface area contributed by atoms with E-state index in [1.165, 1.54) is 0 Å². The average Bonchev–Trinajstić information content (AvgIpc) is 3.27. The Labute approximate surface area is 122 Å². The van der Waals surface area contributed by atoms with Crippen LogP contribution in [0.15, 0.2) is 30.5 Å². The van der Waals surface area contributed by atoms with Crippen LogP contribution in [0, 0.1) is 6.92 Å². The van der Waals surface area contributed by atoms with Crippen molar-refractivity contribution in [2.24, 2.45) is 5.84 Å². The quantitative estimate of drug-likeness (QED) is 0.568. The Bertz CT molecular complexity index is 818. The molecule has 4 rings (SSSR count). The van der Waals surface area contributed by atoms with Crippen LogP contribution in [0.1, 0.15) is 30.1 Å². The molecule has 6 heteroatoms. The van der Waals surface area contributed by atoms with Crippen LogP contribution in [-0.2, 0) is 0 Å². The van der Waals surface area contributed by atoms with Gasteiger partial charge in [0.05, 0.1) is 11.7 Å². The summed E-state index contributed by atoms with van der Waals surface area (Å²) in [6, 6.07) is 8.08. The van der Waals surface area contributed by atoms with Crippen LogP contribution in [0.2, 0.25) is 0 Å². The fourth-order valence-corrected chi connectivity index (χ4v) is 2.53. The number of hydrogen-bond acceptors (Lipinski definition) is 5.